The maximum Gasteiger partial charge on any atom is 0.293 e. The average molecular weight is 341 g/mol. The van der Waals surface area contributed by atoms with Crippen molar-refractivity contribution in [1.82, 2.24) is 4.72 Å². The summed E-state index contributed by atoms with van der Waals surface area (Å²) in [5.74, 6) is 0. The number of hydrogen-bond donors (Lipinski definition) is 1. The zero-order valence-corrected chi connectivity index (χ0v) is 14.1. The Kier molecular flexibility index (Phi) is 5.95. The van der Waals surface area contributed by atoms with Gasteiger partial charge >= 0.3 is 0 Å². The van der Waals surface area contributed by atoms with Crippen molar-refractivity contribution in [2.45, 2.75) is 43.9 Å². The Morgan fingerprint density at radius 1 is 1.26 bits per heavy atom. The van der Waals surface area contributed by atoms with Crippen LogP contribution in [0, 0.1) is 10.1 Å². The number of sulfonamides is 1. The lowest BCUT2D eigenvalue weighted by Crippen LogP contribution is -2.30. The minimum absolute atomic E-state index is 0.0546. The average Bonchev–Trinajstić information content (AvgIpc) is 2.55. The van der Waals surface area contributed by atoms with E-state index in [9.17, 15) is 18.5 Å². The first-order valence-electron chi connectivity index (χ1n) is 7.99. The summed E-state index contributed by atoms with van der Waals surface area (Å²) in [6.07, 6.45) is 4.72. The summed E-state index contributed by atoms with van der Waals surface area (Å²) in [6.45, 7) is 3.83. The minimum atomic E-state index is -3.71. The Bertz CT molecular complexity index is 655. The normalized spacial score (nSPS) is 15.6. The first kappa shape index (κ1) is 17.7. The van der Waals surface area contributed by atoms with Gasteiger partial charge in [-0.3, -0.25) is 10.1 Å². The number of hydrogen-bond acceptors (Lipinski definition) is 5. The smallest absolute Gasteiger partial charge is 0.293 e. The van der Waals surface area contributed by atoms with Crippen molar-refractivity contribution >= 4 is 21.4 Å². The molecule has 0 spiro atoms. The number of nitrogens with zero attached hydrogens (tertiary/aromatic N) is 2. The number of benzene rings is 1. The van der Waals surface area contributed by atoms with Crippen molar-refractivity contribution in [3.05, 3.63) is 28.3 Å². The first-order valence-corrected chi connectivity index (χ1v) is 9.47. The van der Waals surface area contributed by atoms with Crippen LogP contribution in [0.1, 0.15) is 39.0 Å². The van der Waals surface area contributed by atoms with E-state index in [0.717, 1.165) is 51.3 Å². The molecule has 0 bridgehead atoms. The van der Waals surface area contributed by atoms with Gasteiger partial charge < -0.3 is 4.90 Å². The van der Waals surface area contributed by atoms with E-state index in [0.29, 0.717) is 12.2 Å². The molecule has 0 aromatic heterocycles. The molecule has 0 unspecified atom stereocenters. The Labute approximate surface area is 136 Å². The van der Waals surface area contributed by atoms with Crippen LogP contribution in [0.4, 0.5) is 11.4 Å². The molecule has 1 heterocycles. The van der Waals surface area contributed by atoms with Crippen LogP contribution < -0.4 is 9.62 Å². The van der Waals surface area contributed by atoms with Gasteiger partial charge in [0.15, 0.2) is 0 Å². The summed E-state index contributed by atoms with van der Waals surface area (Å²) in [5.41, 5.74) is 0.354. The second kappa shape index (κ2) is 7.74. The maximum absolute atomic E-state index is 12.2. The fourth-order valence-electron chi connectivity index (χ4n) is 2.69. The number of anilines is 1. The van der Waals surface area contributed by atoms with Gasteiger partial charge in [-0.2, -0.15) is 0 Å². The molecular weight excluding hydrogens is 318 g/mol. The zero-order valence-electron chi connectivity index (χ0n) is 13.3. The molecule has 0 atom stereocenters. The molecule has 0 aliphatic carbocycles. The number of rotatable bonds is 7. The largest absolute Gasteiger partial charge is 0.366 e. The lowest BCUT2D eigenvalue weighted by molar-refractivity contribution is -0.384. The van der Waals surface area contributed by atoms with E-state index in [1.54, 1.807) is 6.07 Å². The maximum atomic E-state index is 12.2. The van der Waals surface area contributed by atoms with Crippen molar-refractivity contribution in [3.63, 3.8) is 0 Å². The Hall–Kier alpha value is -1.67. The molecule has 1 N–H and O–H groups in total. The third kappa shape index (κ3) is 4.42. The van der Waals surface area contributed by atoms with Crippen LogP contribution in [0.5, 0.6) is 0 Å². The van der Waals surface area contributed by atoms with Gasteiger partial charge in [0.25, 0.3) is 5.69 Å². The Morgan fingerprint density at radius 2 is 1.96 bits per heavy atom. The highest BCUT2D eigenvalue weighted by atomic mass is 32.2. The van der Waals surface area contributed by atoms with Gasteiger partial charge in [0.1, 0.15) is 5.69 Å². The summed E-state index contributed by atoms with van der Waals surface area (Å²) in [6, 6.07) is 4.17. The SMILES string of the molecule is CCCCNS(=O)(=O)c1ccc(N2CCCCC2)c([N+](=O)[O-])c1. The van der Waals surface area contributed by atoms with E-state index < -0.39 is 14.9 Å². The summed E-state index contributed by atoms with van der Waals surface area (Å²) in [7, 11) is -3.71. The van der Waals surface area contributed by atoms with E-state index >= 15 is 0 Å². The summed E-state index contributed by atoms with van der Waals surface area (Å²) >= 11 is 0. The fourth-order valence-corrected chi connectivity index (χ4v) is 3.78. The summed E-state index contributed by atoms with van der Waals surface area (Å²) < 4.78 is 26.9. The van der Waals surface area contributed by atoms with Crippen LogP contribution in [0.3, 0.4) is 0 Å². The van der Waals surface area contributed by atoms with Gasteiger partial charge in [0.05, 0.1) is 9.82 Å². The number of nitro groups is 1. The summed E-state index contributed by atoms with van der Waals surface area (Å²) in [5, 5.41) is 11.4. The third-order valence-electron chi connectivity index (χ3n) is 3.97. The fraction of sp³-hybridized carbons (Fsp3) is 0.600. The number of piperidine rings is 1. The van der Waals surface area contributed by atoms with E-state index in [2.05, 4.69) is 4.72 Å². The number of unbranched alkanes of at least 4 members (excludes halogenated alkanes) is 1. The molecule has 1 aliphatic heterocycles. The van der Waals surface area contributed by atoms with E-state index in [1.165, 1.54) is 6.07 Å². The van der Waals surface area contributed by atoms with Gasteiger partial charge in [0, 0.05) is 25.7 Å². The lowest BCUT2D eigenvalue weighted by atomic mass is 10.1. The minimum Gasteiger partial charge on any atom is -0.366 e. The van der Waals surface area contributed by atoms with Gasteiger partial charge in [-0.05, 0) is 37.8 Å². The number of nitro benzene ring substituents is 1. The molecule has 1 saturated heterocycles. The van der Waals surface area contributed by atoms with Crippen molar-refractivity contribution in [1.29, 1.82) is 0 Å². The predicted molar refractivity (Wildman–Crippen MR) is 89.3 cm³/mol. The zero-order chi connectivity index (χ0) is 16.9. The Morgan fingerprint density at radius 3 is 2.57 bits per heavy atom. The van der Waals surface area contributed by atoms with Gasteiger partial charge in [-0.25, -0.2) is 13.1 Å². The highest BCUT2D eigenvalue weighted by molar-refractivity contribution is 7.89. The quantitative estimate of drug-likeness (QED) is 0.467. The van der Waals surface area contributed by atoms with E-state index in [1.807, 2.05) is 11.8 Å². The first-order chi connectivity index (χ1) is 11.0. The van der Waals surface area contributed by atoms with Crippen LogP contribution in [0.25, 0.3) is 0 Å². The number of nitrogens with one attached hydrogen (secondary N) is 1. The van der Waals surface area contributed by atoms with Crippen LogP contribution >= 0.6 is 0 Å². The van der Waals surface area contributed by atoms with Crippen molar-refractivity contribution < 1.29 is 13.3 Å². The van der Waals surface area contributed by atoms with E-state index in [4.69, 9.17) is 0 Å². The van der Waals surface area contributed by atoms with Crippen LogP contribution in [0.15, 0.2) is 23.1 Å². The van der Waals surface area contributed by atoms with Crippen molar-refractivity contribution in [2.24, 2.45) is 0 Å². The lowest BCUT2D eigenvalue weighted by Gasteiger charge is -2.28. The highest BCUT2D eigenvalue weighted by Gasteiger charge is 2.25. The Balaban J connectivity index is 2.30. The molecule has 1 aromatic rings. The highest BCUT2D eigenvalue weighted by Crippen LogP contribution is 2.32. The van der Waals surface area contributed by atoms with Crippen molar-refractivity contribution in [2.75, 3.05) is 24.5 Å². The van der Waals surface area contributed by atoms with Crippen molar-refractivity contribution in [3.8, 4) is 0 Å². The molecule has 1 aliphatic rings. The predicted octanol–water partition coefficient (Wildman–Crippen LogP) is 2.66. The van der Waals surface area contributed by atoms with Gasteiger partial charge in [0.2, 0.25) is 10.0 Å². The molecule has 0 radical (unpaired) electrons. The molecule has 7 nitrogen and oxygen atoms in total. The monoisotopic (exact) mass is 341 g/mol. The third-order valence-corrected chi connectivity index (χ3v) is 5.43. The molecule has 2 rings (SSSR count). The van der Waals surface area contributed by atoms with E-state index in [-0.39, 0.29) is 10.6 Å². The molecule has 1 fully saturated rings. The standard InChI is InChI=1S/C15H23N3O4S/c1-2-3-9-16-23(21,22)13-7-8-14(15(12-13)18(19)20)17-10-5-4-6-11-17/h7-8,12,16H,2-6,9-11H2,1H3. The van der Waals surface area contributed by atoms with Crippen LogP contribution in [-0.2, 0) is 10.0 Å². The summed E-state index contributed by atoms with van der Waals surface area (Å²) in [4.78, 5) is 12.8. The molecule has 0 amide bonds. The van der Waals surface area contributed by atoms with Gasteiger partial charge in [-0.15, -0.1) is 0 Å². The molecule has 23 heavy (non-hydrogen) atoms. The van der Waals surface area contributed by atoms with Crippen LogP contribution in [-0.4, -0.2) is 33.0 Å². The van der Waals surface area contributed by atoms with Crippen LogP contribution in [0.2, 0.25) is 0 Å². The molecule has 0 saturated carbocycles. The topological polar surface area (TPSA) is 92.6 Å². The molecule has 8 heteroatoms. The molecule has 1 aromatic carbocycles. The van der Waals surface area contributed by atoms with Gasteiger partial charge in [-0.1, -0.05) is 13.3 Å². The molecule has 128 valence electrons. The second-order valence-corrected chi connectivity index (χ2v) is 7.47. The second-order valence-electron chi connectivity index (χ2n) is 5.71. The molecular formula is C15H23N3O4S.